The third kappa shape index (κ3) is 5.07. The van der Waals surface area contributed by atoms with E-state index >= 15 is 0 Å². The summed E-state index contributed by atoms with van der Waals surface area (Å²) in [6.07, 6.45) is 0. The minimum absolute atomic E-state index is 0.123. The van der Waals surface area contributed by atoms with Gasteiger partial charge in [0.2, 0.25) is 0 Å². The molecule has 0 unspecified atom stereocenters. The maximum absolute atomic E-state index is 9.95. The number of ether oxygens (including phenoxy) is 3. The molecule has 0 saturated heterocycles. The van der Waals surface area contributed by atoms with E-state index < -0.39 is 0 Å². The lowest BCUT2D eigenvalue weighted by molar-refractivity contribution is 0.0544. The van der Waals surface area contributed by atoms with Crippen molar-refractivity contribution in [1.82, 2.24) is 5.32 Å². The van der Waals surface area contributed by atoms with E-state index in [9.17, 15) is 5.11 Å². The third-order valence-corrected chi connectivity index (χ3v) is 2.61. The Hall–Kier alpha value is -1.79. The number of hydrogen-bond acceptors (Lipinski definition) is 5. The summed E-state index contributed by atoms with van der Waals surface area (Å²) in [6, 6.07) is 5.11. The van der Waals surface area contributed by atoms with Crippen molar-refractivity contribution >= 4 is 5.84 Å². The second-order valence-corrected chi connectivity index (χ2v) is 3.95. The first-order chi connectivity index (χ1) is 9.72. The average Bonchev–Trinajstić information content (AvgIpc) is 2.46. The number of rotatable bonds is 8. The van der Waals surface area contributed by atoms with Gasteiger partial charge < -0.3 is 24.6 Å². The van der Waals surface area contributed by atoms with E-state index in [-0.39, 0.29) is 5.75 Å². The minimum atomic E-state index is 0.123. The molecule has 0 spiro atoms. The van der Waals surface area contributed by atoms with Crippen LogP contribution in [-0.4, -0.2) is 58.6 Å². The Kier molecular flexibility index (Phi) is 7.46. The lowest BCUT2D eigenvalue weighted by Crippen LogP contribution is -2.19. The Bertz CT molecular complexity index is 435. The van der Waals surface area contributed by atoms with Gasteiger partial charge in [0.1, 0.15) is 23.9 Å². The normalized spacial score (nSPS) is 11.4. The maximum Gasteiger partial charge on any atom is 0.131 e. The summed E-state index contributed by atoms with van der Waals surface area (Å²) >= 11 is 0. The van der Waals surface area contributed by atoms with Crippen LogP contribution in [0.5, 0.6) is 11.5 Å². The van der Waals surface area contributed by atoms with Crippen molar-refractivity contribution in [1.29, 1.82) is 0 Å². The third-order valence-electron chi connectivity index (χ3n) is 2.61. The molecule has 112 valence electrons. The van der Waals surface area contributed by atoms with Gasteiger partial charge >= 0.3 is 0 Å². The van der Waals surface area contributed by atoms with Crippen LogP contribution in [0.3, 0.4) is 0 Å². The number of aromatic hydroxyl groups is 1. The molecule has 6 heteroatoms. The molecule has 6 nitrogen and oxygen atoms in total. The molecule has 1 rings (SSSR count). The molecule has 0 atom stereocenters. The van der Waals surface area contributed by atoms with Crippen LogP contribution >= 0.6 is 0 Å². The second kappa shape index (κ2) is 9.17. The molecule has 0 fully saturated rings. The van der Waals surface area contributed by atoms with Gasteiger partial charge in [-0.2, -0.15) is 0 Å². The number of hydrogen-bond donors (Lipinski definition) is 2. The number of nitrogens with zero attached hydrogens (tertiary/aromatic N) is 1. The topological polar surface area (TPSA) is 72.3 Å². The lowest BCUT2D eigenvalue weighted by Gasteiger charge is -2.10. The fourth-order valence-corrected chi connectivity index (χ4v) is 1.63. The van der Waals surface area contributed by atoms with Crippen LogP contribution in [-0.2, 0) is 9.47 Å². The Morgan fingerprint density at radius 2 is 2.00 bits per heavy atom. The zero-order chi connectivity index (χ0) is 14.8. The fraction of sp³-hybridized carbons (Fsp3) is 0.500. The first-order valence-electron chi connectivity index (χ1n) is 6.40. The SMILES string of the molecule is C/N=C(\NC)c1ccc(OCCOCCOC)cc1O. The molecule has 2 N–H and O–H groups in total. The van der Waals surface area contributed by atoms with Gasteiger partial charge in [-0.25, -0.2) is 0 Å². The van der Waals surface area contributed by atoms with Gasteiger partial charge in [0.25, 0.3) is 0 Å². The molecule has 1 aromatic carbocycles. The van der Waals surface area contributed by atoms with Crippen LogP contribution in [0.15, 0.2) is 23.2 Å². The molecule has 0 bridgehead atoms. The lowest BCUT2D eigenvalue weighted by atomic mass is 10.1. The van der Waals surface area contributed by atoms with E-state index in [1.165, 1.54) is 0 Å². The van der Waals surface area contributed by atoms with Crippen molar-refractivity contribution in [3.63, 3.8) is 0 Å². The van der Waals surface area contributed by atoms with E-state index in [0.29, 0.717) is 43.6 Å². The van der Waals surface area contributed by atoms with E-state index in [4.69, 9.17) is 14.2 Å². The molecular weight excluding hydrogens is 260 g/mol. The van der Waals surface area contributed by atoms with Crippen molar-refractivity contribution in [3.05, 3.63) is 23.8 Å². The molecule has 0 aliphatic rings. The highest BCUT2D eigenvalue weighted by atomic mass is 16.5. The quantitative estimate of drug-likeness (QED) is 0.423. The van der Waals surface area contributed by atoms with Gasteiger partial charge in [0.15, 0.2) is 0 Å². The highest BCUT2D eigenvalue weighted by molar-refractivity contribution is 6.00. The molecule has 0 aliphatic carbocycles. The molecule has 0 heterocycles. The van der Waals surface area contributed by atoms with E-state index in [2.05, 4.69) is 10.3 Å². The van der Waals surface area contributed by atoms with Crippen molar-refractivity contribution in [2.75, 3.05) is 47.6 Å². The summed E-state index contributed by atoms with van der Waals surface area (Å²) in [5, 5.41) is 12.9. The largest absolute Gasteiger partial charge is 0.507 e. The number of phenolic OH excluding ortho intramolecular Hbond substituents is 1. The van der Waals surface area contributed by atoms with Crippen molar-refractivity contribution < 1.29 is 19.3 Å². The fourth-order valence-electron chi connectivity index (χ4n) is 1.63. The van der Waals surface area contributed by atoms with Crippen LogP contribution in [0.25, 0.3) is 0 Å². The van der Waals surface area contributed by atoms with Crippen molar-refractivity contribution in [3.8, 4) is 11.5 Å². The predicted molar refractivity (Wildman–Crippen MR) is 77.8 cm³/mol. The standard InChI is InChI=1S/C14H22N2O4/c1-15-14(16-2)12-5-4-11(10-13(12)17)20-9-8-19-7-6-18-3/h4-5,10,17H,6-9H2,1-3H3,(H,15,16). The van der Waals surface area contributed by atoms with Gasteiger partial charge in [-0.05, 0) is 12.1 Å². The minimum Gasteiger partial charge on any atom is -0.507 e. The smallest absolute Gasteiger partial charge is 0.131 e. The summed E-state index contributed by atoms with van der Waals surface area (Å²) in [7, 11) is 5.04. The van der Waals surface area contributed by atoms with Gasteiger partial charge in [-0.1, -0.05) is 0 Å². The number of aliphatic imine (C=N–C) groups is 1. The molecule has 0 aliphatic heterocycles. The van der Waals surface area contributed by atoms with E-state index in [1.807, 2.05) is 0 Å². The number of benzene rings is 1. The van der Waals surface area contributed by atoms with Crippen molar-refractivity contribution in [2.45, 2.75) is 0 Å². The van der Waals surface area contributed by atoms with Crippen molar-refractivity contribution in [2.24, 2.45) is 4.99 Å². The van der Waals surface area contributed by atoms with Gasteiger partial charge in [0.05, 0.1) is 25.4 Å². The Morgan fingerprint density at radius 1 is 1.25 bits per heavy atom. The van der Waals surface area contributed by atoms with Gasteiger partial charge in [0, 0.05) is 27.3 Å². The van der Waals surface area contributed by atoms with Crippen LogP contribution in [0.4, 0.5) is 0 Å². The Morgan fingerprint density at radius 3 is 2.60 bits per heavy atom. The average molecular weight is 282 g/mol. The van der Waals surface area contributed by atoms with Crippen LogP contribution in [0.1, 0.15) is 5.56 Å². The molecular formula is C14H22N2O4. The first kappa shape index (κ1) is 16.3. The highest BCUT2D eigenvalue weighted by Crippen LogP contribution is 2.23. The van der Waals surface area contributed by atoms with Gasteiger partial charge in [-0.15, -0.1) is 0 Å². The molecule has 0 saturated carbocycles. The molecule has 1 aromatic rings. The van der Waals surface area contributed by atoms with E-state index in [0.717, 1.165) is 0 Å². The summed E-state index contributed by atoms with van der Waals surface area (Å²) in [5.74, 6) is 1.34. The summed E-state index contributed by atoms with van der Waals surface area (Å²) in [5.41, 5.74) is 0.638. The molecule has 0 aromatic heterocycles. The number of phenols is 1. The zero-order valence-corrected chi connectivity index (χ0v) is 12.2. The zero-order valence-electron chi connectivity index (χ0n) is 12.2. The number of amidine groups is 1. The summed E-state index contributed by atoms with van der Waals surface area (Å²) in [4.78, 5) is 4.04. The second-order valence-electron chi connectivity index (χ2n) is 3.95. The number of nitrogens with one attached hydrogen (secondary N) is 1. The summed E-state index contributed by atoms with van der Waals surface area (Å²) in [6.45, 7) is 2.01. The monoisotopic (exact) mass is 282 g/mol. The van der Waals surface area contributed by atoms with Gasteiger partial charge in [-0.3, -0.25) is 4.99 Å². The Balaban J connectivity index is 2.47. The summed E-state index contributed by atoms with van der Waals surface area (Å²) < 4.78 is 15.6. The molecule has 0 radical (unpaired) electrons. The van der Waals surface area contributed by atoms with Crippen LogP contribution < -0.4 is 10.1 Å². The Labute approximate surface area is 119 Å². The highest BCUT2D eigenvalue weighted by Gasteiger charge is 2.08. The maximum atomic E-state index is 9.95. The number of methoxy groups -OCH3 is 1. The first-order valence-corrected chi connectivity index (χ1v) is 6.40. The predicted octanol–water partition coefficient (Wildman–Crippen LogP) is 1.03. The van der Waals surface area contributed by atoms with Crippen LogP contribution in [0, 0.1) is 0 Å². The van der Waals surface area contributed by atoms with E-state index in [1.54, 1.807) is 39.4 Å². The molecule has 20 heavy (non-hydrogen) atoms. The van der Waals surface area contributed by atoms with Crippen LogP contribution in [0.2, 0.25) is 0 Å². The molecule has 0 amide bonds.